The standard InChI is InChI=1S/C26H37ClN6O4/c1-18(2)37-15-14-33(12-4-3-7-20-9-8-19-6-5-11-29-24(19)31-20)13-10-22(26(35)36)32-25(34)23-21(27)16-28-17-30-23/h8-9,16-18,22H,3-7,10-15H2,1-2H3,(H,29,31)(H,32,34)(H,35,36). The number of carboxylic acid groups (broad SMARTS) is 1. The number of carbonyl (C=O) groups is 2. The first-order valence-electron chi connectivity index (χ1n) is 12.9. The Morgan fingerprint density at radius 1 is 1.24 bits per heavy atom. The lowest BCUT2D eigenvalue weighted by Crippen LogP contribution is -2.44. The number of rotatable bonds is 15. The van der Waals surface area contributed by atoms with Gasteiger partial charge in [-0.3, -0.25) is 4.79 Å². The van der Waals surface area contributed by atoms with Crippen molar-refractivity contribution in [2.24, 2.45) is 0 Å². The van der Waals surface area contributed by atoms with Gasteiger partial charge in [-0.1, -0.05) is 17.7 Å². The Balaban J connectivity index is 1.51. The summed E-state index contributed by atoms with van der Waals surface area (Å²) in [5.41, 5.74) is 2.32. The molecule has 0 aromatic carbocycles. The topological polar surface area (TPSA) is 130 Å². The van der Waals surface area contributed by atoms with Gasteiger partial charge in [0.05, 0.1) is 17.7 Å². The number of fused-ring (bicyclic) bond motifs is 1. The van der Waals surface area contributed by atoms with E-state index in [4.69, 9.17) is 21.3 Å². The Labute approximate surface area is 223 Å². The highest BCUT2D eigenvalue weighted by molar-refractivity contribution is 6.33. The van der Waals surface area contributed by atoms with Crippen LogP contribution >= 0.6 is 11.6 Å². The van der Waals surface area contributed by atoms with Crippen LogP contribution in [0, 0.1) is 0 Å². The molecule has 0 saturated carbocycles. The number of aliphatic carboxylic acids is 1. The zero-order valence-electron chi connectivity index (χ0n) is 21.6. The van der Waals surface area contributed by atoms with Crippen molar-refractivity contribution < 1.29 is 19.4 Å². The monoisotopic (exact) mass is 532 g/mol. The minimum atomic E-state index is -1.11. The van der Waals surface area contributed by atoms with Gasteiger partial charge in [-0.15, -0.1) is 0 Å². The van der Waals surface area contributed by atoms with Gasteiger partial charge in [-0.2, -0.15) is 0 Å². The number of nitrogens with zero attached hydrogens (tertiary/aromatic N) is 4. The van der Waals surface area contributed by atoms with E-state index in [1.54, 1.807) is 0 Å². The van der Waals surface area contributed by atoms with Crippen LogP contribution in [0.25, 0.3) is 0 Å². The summed E-state index contributed by atoms with van der Waals surface area (Å²) in [6.45, 7) is 7.46. The number of ether oxygens (including phenoxy) is 1. The van der Waals surface area contributed by atoms with Crippen molar-refractivity contribution in [1.82, 2.24) is 25.2 Å². The van der Waals surface area contributed by atoms with Crippen molar-refractivity contribution in [2.75, 3.05) is 38.1 Å². The lowest BCUT2D eigenvalue weighted by molar-refractivity contribution is -0.139. The molecule has 2 aromatic rings. The molecule has 1 aliphatic heterocycles. The number of amides is 1. The summed E-state index contributed by atoms with van der Waals surface area (Å²) in [4.78, 5) is 38.9. The molecular formula is C26H37ClN6O4. The van der Waals surface area contributed by atoms with Gasteiger partial charge in [0.1, 0.15) is 23.9 Å². The third kappa shape index (κ3) is 9.53. The fourth-order valence-electron chi connectivity index (χ4n) is 4.18. The van der Waals surface area contributed by atoms with Crippen molar-refractivity contribution in [3.63, 3.8) is 0 Å². The Bertz CT molecular complexity index is 1040. The molecule has 2 aromatic heterocycles. The number of halogens is 1. The molecule has 0 saturated heterocycles. The maximum atomic E-state index is 12.5. The van der Waals surface area contributed by atoms with E-state index in [9.17, 15) is 14.7 Å². The normalized spacial score (nSPS) is 13.8. The van der Waals surface area contributed by atoms with Gasteiger partial charge in [0.2, 0.25) is 0 Å². The van der Waals surface area contributed by atoms with E-state index in [-0.39, 0.29) is 23.2 Å². The Kier molecular flexibility index (Phi) is 11.5. The summed E-state index contributed by atoms with van der Waals surface area (Å²) in [5, 5.41) is 15.7. The fraction of sp³-hybridized carbons (Fsp3) is 0.577. The minimum Gasteiger partial charge on any atom is -0.480 e. The molecule has 3 N–H and O–H groups in total. The highest BCUT2D eigenvalue weighted by Gasteiger charge is 2.23. The molecule has 0 bridgehead atoms. The molecule has 3 rings (SSSR count). The first-order chi connectivity index (χ1) is 17.8. The van der Waals surface area contributed by atoms with Crippen LogP contribution in [-0.2, 0) is 22.4 Å². The van der Waals surface area contributed by atoms with Crippen molar-refractivity contribution in [3.8, 4) is 0 Å². The quantitative estimate of drug-likeness (QED) is 0.296. The molecule has 3 heterocycles. The number of hydrogen-bond donors (Lipinski definition) is 3. The van der Waals surface area contributed by atoms with Crippen LogP contribution in [-0.4, -0.2) is 81.8 Å². The minimum absolute atomic E-state index is 0.0453. The zero-order chi connectivity index (χ0) is 26.6. The smallest absolute Gasteiger partial charge is 0.326 e. The molecule has 1 amide bonds. The molecule has 1 aliphatic rings. The number of carbonyl (C=O) groups excluding carboxylic acids is 1. The van der Waals surface area contributed by atoms with Crippen LogP contribution in [0.15, 0.2) is 24.7 Å². The summed E-state index contributed by atoms with van der Waals surface area (Å²) in [6.07, 6.45) is 7.87. The van der Waals surface area contributed by atoms with Crippen molar-refractivity contribution in [2.45, 2.75) is 64.5 Å². The van der Waals surface area contributed by atoms with Crippen molar-refractivity contribution in [1.29, 1.82) is 0 Å². The first-order valence-corrected chi connectivity index (χ1v) is 13.3. The van der Waals surface area contributed by atoms with Gasteiger partial charge >= 0.3 is 5.97 Å². The lowest BCUT2D eigenvalue weighted by atomic mass is 10.1. The van der Waals surface area contributed by atoms with Crippen molar-refractivity contribution >= 4 is 29.3 Å². The summed E-state index contributed by atoms with van der Waals surface area (Å²) in [6, 6.07) is 3.22. The SMILES string of the molecule is CC(C)OCCN(CCCCc1ccc2c(n1)NCCC2)CCC(NC(=O)c1ncncc1Cl)C(=O)O. The molecular weight excluding hydrogens is 496 g/mol. The number of nitrogens with one attached hydrogen (secondary N) is 2. The van der Waals surface area contributed by atoms with Crippen LogP contribution in [0.4, 0.5) is 5.82 Å². The molecule has 0 radical (unpaired) electrons. The second-order valence-corrected chi connectivity index (χ2v) is 9.84. The van der Waals surface area contributed by atoms with E-state index in [1.807, 2.05) is 13.8 Å². The summed E-state index contributed by atoms with van der Waals surface area (Å²) >= 11 is 5.98. The van der Waals surface area contributed by atoms with Gasteiger partial charge in [-0.05, 0) is 70.5 Å². The number of aryl methyl sites for hydroxylation is 2. The molecule has 10 nitrogen and oxygen atoms in total. The highest BCUT2D eigenvalue weighted by atomic mass is 35.5. The summed E-state index contributed by atoms with van der Waals surface area (Å²) in [5.74, 6) is -0.730. The average Bonchev–Trinajstić information content (AvgIpc) is 2.88. The van der Waals surface area contributed by atoms with E-state index < -0.39 is 17.9 Å². The number of pyridine rings is 1. The van der Waals surface area contributed by atoms with Crippen LogP contribution < -0.4 is 10.6 Å². The fourth-order valence-corrected chi connectivity index (χ4v) is 4.37. The Morgan fingerprint density at radius 2 is 2.08 bits per heavy atom. The number of carboxylic acids is 1. The number of aromatic nitrogens is 3. The second kappa shape index (κ2) is 14.8. The van der Waals surface area contributed by atoms with Crippen molar-refractivity contribution in [3.05, 3.63) is 46.6 Å². The third-order valence-corrected chi connectivity index (χ3v) is 6.46. The van der Waals surface area contributed by atoms with E-state index in [0.717, 1.165) is 56.7 Å². The van der Waals surface area contributed by atoms with Gasteiger partial charge < -0.3 is 25.4 Å². The Morgan fingerprint density at radius 3 is 2.84 bits per heavy atom. The van der Waals surface area contributed by atoms with Gasteiger partial charge in [0.15, 0.2) is 0 Å². The molecule has 37 heavy (non-hydrogen) atoms. The molecule has 0 aliphatic carbocycles. The molecule has 0 fully saturated rings. The molecule has 0 spiro atoms. The molecule has 1 atom stereocenters. The van der Waals surface area contributed by atoms with Gasteiger partial charge in [0.25, 0.3) is 5.91 Å². The summed E-state index contributed by atoms with van der Waals surface area (Å²) < 4.78 is 5.72. The summed E-state index contributed by atoms with van der Waals surface area (Å²) in [7, 11) is 0. The van der Waals surface area contributed by atoms with Gasteiger partial charge in [-0.25, -0.2) is 19.7 Å². The molecule has 202 valence electrons. The van der Waals surface area contributed by atoms with Crippen LogP contribution in [0.5, 0.6) is 0 Å². The predicted octanol–water partition coefficient (Wildman–Crippen LogP) is 3.21. The number of anilines is 1. The predicted molar refractivity (Wildman–Crippen MR) is 142 cm³/mol. The first kappa shape index (κ1) is 28.7. The zero-order valence-corrected chi connectivity index (χ0v) is 22.3. The maximum absolute atomic E-state index is 12.5. The Hall–Kier alpha value is -2.82. The molecule has 11 heteroatoms. The largest absolute Gasteiger partial charge is 0.480 e. The molecule has 1 unspecified atom stereocenters. The lowest BCUT2D eigenvalue weighted by Gasteiger charge is -2.25. The van der Waals surface area contributed by atoms with Crippen LogP contribution in [0.1, 0.15) is 61.3 Å². The van der Waals surface area contributed by atoms with Crippen LogP contribution in [0.2, 0.25) is 5.02 Å². The maximum Gasteiger partial charge on any atom is 0.326 e. The number of hydrogen-bond acceptors (Lipinski definition) is 8. The van der Waals surface area contributed by atoms with E-state index >= 15 is 0 Å². The highest BCUT2D eigenvalue weighted by Crippen LogP contribution is 2.20. The average molecular weight is 533 g/mol. The van der Waals surface area contributed by atoms with E-state index in [1.165, 1.54) is 18.1 Å². The van der Waals surface area contributed by atoms with Crippen LogP contribution in [0.3, 0.4) is 0 Å². The number of unbranched alkanes of at least 4 members (excludes halogenated alkanes) is 1. The second-order valence-electron chi connectivity index (χ2n) is 9.43. The van der Waals surface area contributed by atoms with Gasteiger partial charge in [0, 0.05) is 31.5 Å². The third-order valence-electron chi connectivity index (χ3n) is 6.19. The van der Waals surface area contributed by atoms with E-state index in [0.29, 0.717) is 19.7 Å². The van der Waals surface area contributed by atoms with E-state index in [2.05, 4.69) is 37.6 Å².